The summed E-state index contributed by atoms with van der Waals surface area (Å²) in [6.45, 7) is 16.6. The van der Waals surface area contributed by atoms with E-state index < -0.39 is 5.54 Å². The average molecular weight is 653 g/mol. The molecule has 4 heterocycles. The van der Waals surface area contributed by atoms with Crippen molar-refractivity contribution in [3.8, 4) is 0 Å². The summed E-state index contributed by atoms with van der Waals surface area (Å²) in [6.07, 6.45) is 3.77. The first-order valence-electron chi connectivity index (χ1n) is 17.8. The lowest BCUT2D eigenvalue weighted by atomic mass is 9.84. The molecule has 3 aliphatic rings. The van der Waals surface area contributed by atoms with Gasteiger partial charge in [-0.05, 0) is 86.8 Å². The Hall–Kier alpha value is -4.14. The summed E-state index contributed by atoms with van der Waals surface area (Å²) >= 11 is 0. The summed E-state index contributed by atoms with van der Waals surface area (Å²) in [5.74, 6) is 0.385. The van der Waals surface area contributed by atoms with Gasteiger partial charge in [0.1, 0.15) is 12.1 Å². The number of benzene rings is 2. The molecule has 3 fully saturated rings. The van der Waals surface area contributed by atoms with Gasteiger partial charge in [0.2, 0.25) is 5.91 Å². The molecule has 9 heteroatoms. The van der Waals surface area contributed by atoms with Gasteiger partial charge in [-0.2, -0.15) is 5.10 Å². The maximum atomic E-state index is 14.3. The van der Waals surface area contributed by atoms with Gasteiger partial charge in [0, 0.05) is 55.6 Å². The lowest BCUT2D eigenvalue weighted by molar-refractivity contribution is -0.141. The highest BCUT2D eigenvalue weighted by molar-refractivity contribution is 5.97. The molecule has 0 atom stereocenters. The van der Waals surface area contributed by atoms with E-state index in [1.165, 1.54) is 22.5 Å². The minimum atomic E-state index is -0.783. The molecule has 0 radical (unpaired) electrons. The highest BCUT2D eigenvalue weighted by atomic mass is 16.2. The quantitative estimate of drug-likeness (QED) is 0.324. The number of carbonyl (C=O) groups excluding carboxylic acids is 3. The van der Waals surface area contributed by atoms with Crippen LogP contribution in [0.15, 0.2) is 54.6 Å². The van der Waals surface area contributed by atoms with E-state index in [1.54, 1.807) is 4.90 Å². The van der Waals surface area contributed by atoms with Gasteiger partial charge in [-0.15, -0.1) is 0 Å². The van der Waals surface area contributed by atoms with Gasteiger partial charge in [0.05, 0.1) is 12.4 Å². The van der Waals surface area contributed by atoms with E-state index in [9.17, 15) is 14.4 Å². The molecule has 0 bridgehead atoms. The standard InChI is InChI=1S/C39H52N6O3/c1-7-33-28(3)35(45(8-2)40-33)29-18-22-41(23-19-29)34(46)26-43-27-44(32-12-10-9-11-13-32)39(37(43)48)20-24-42(25-21-39)36(47)30-14-16-31(17-15-30)38(4,5)6/h9-17,29H,7-8,18-27H2,1-6H3. The van der Waals surface area contributed by atoms with Gasteiger partial charge < -0.3 is 19.6 Å². The van der Waals surface area contributed by atoms with Gasteiger partial charge in [-0.1, -0.05) is 58.0 Å². The number of aromatic nitrogens is 2. The average Bonchev–Trinajstić information content (AvgIpc) is 3.57. The van der Waals surface area contributed by atoms with E-state index in [0.717, 1.165) is 31.5 Å². The minimum Gasteiger partial charge on any atom is -0.341 e. The maximum Gasteiger partial charge on any atom is 0.253 e. The van der Waals surface area contributed by atoms with Crippen molar-refractivity contribution >= 4 is 23.4 Å². The number of rotatable bonds is 7. The number of hydrogen-bond donors (Lipinski definition) is 0. The molecular formula is C39H52N6O3. The Labute approximate surface area is 285 Å². The molecular weight excluding hydrogens is 600 g/mol. The molecule has 3 saturated heterocycles. The molecule has 3 aliphatic heterocycles. The highest BCUT2D eigenvalue weighted by Gasteiger charge is 2.54. The van der Waals surface area contributed by atoms with E-state index in [-0.39, 0.29) is 29.7 Å². The van der Waals surface area contributed by atoms with E-state index in [2.05, 4.69) is 51.1 Å². The Kier molecular flexibility index (Phi) is 9.42. The van der Waals surface area contributed by atoms with Crippen LogP contribution in [0.25, 0.3) is 0 Å². The van der Waals surface area contributed by atoms with Crippen molar-refractivity contribution in [2.45, 2.75) is 97.1 Å². The summed E-state index contributed by atoms with van der Waals surface area (Å²) in [6, 6.07) is 17.9. The second-order valence-corrected chi connectivity index (χ2v) is 14.8. The van der Waals surface area contributed by atoms with Crippen molar-refractivity contribution in [1.29, 1.82) is 0 Å². The van der Waals surface area contributed by atoms with Crippen LogP contribution in [0.5, 0.6) is 0 Å². The Morgan fingerprint density at radius 1 is 0.896 bits per heavy atom. The molecule has 0 saturated carbocycles. The molecule has 0 aliphatic carbocycles. The molecule has 1 spiro atoms. The number of carbonyl (C=O) groups is 3. The van der Waals surface area contributed by atoms with Crippen molar-refractivity contribution in [3.05, 3.63) is 82.7 Å². The number of nitrogens with zero attached hydrogens (tertiary/aromatic N) is 6. The van der Waals surface area contributed by atoms with Crippen LogP contribution in [0.3, 0.4) is 0 Å². The number of amides is 3. The normalized spacial score (nSPS) is 18.7. The Morgan fingerprint density at radius 3 is 2.12 bits per heavy atom. The first-order valence-corrected chi connectivity index (χ1v) is 17.8. The zero-order valence-electron chi connectivity index (χ0n) is 29.7. The minimum absolute atomic E-state index is 0.000511. The number of hydrogen-bond acceptors (Lipinski definition) is 5. The fourth-order valence-corrected chi connectivity index (χ4v) is 8.07. The van der Waals surface area contributed by atoms with Crippen LogP contribution < -0.4 is 4.90 Å². The second-order valence-electron chi connectivity index (χ2n) is 14.8. The predicted molar refractivity (Wildman–Crippen MR) is 189 cm³/mol. The highest BCUT2D eigenvalue weighted by Crippen LogP contribution is 2.40. The Morgan fingerprint density at radius 2 is 1.54 bits per heavy atom. The smallest absolute Gasteiger partial charge is 0.253 e. The molecule has 1 aromatic heterocycles. The number of piperidine rings is 2. The largest absolute Gasteiger partial charge is 0.341 e. The summed E-state index contributed by atoms with van der Waals surface area (Å²) in [7, 11) is 0. The molecule has 0 N–H and O–H groups in total. The van der Waals surface area contributed by atoms with Gasteiger partial charge in [0.15, 0.2) is 0 Å². The zero-order valence-corrected chi connectivity index (χ0v) is 29.7. The molecule has 3 aromatic rings. The van der Waals surface area contributed by atoms with Crippen LogP contribution in [-0.4, -0.2) is 87.1 Å². The summed E-state index contributed by atoms with van der Waals surface area (Å²) in [4.78, 5) is 49.3. The van der Waals surface area contributed by atoms with Crippen LogP contribution in [-0.2, 0) is 28.0 Å². The topological polar surface area (TPSA) is 82.0 Å². The maximum absolute atomic E-state index is 14.3. The van der Waals surface area contributed by atoms with Gasteiger partial charge in [-0.3, -0.25) is 19.1 Å². The third kappa shape index (κ3) is 6.24. The Bertz CT molecular complexity index is 1620. The van der Waals surface area contributed by atoms with Crippen LogP contribution in [0.4, 0.5) is 5.69 Å². The first-order chi connectivity index (χ1) is 23.0. The fraction of sp³-hybridized carbons (Fsp3) is 0.538. The third-order valence-electron chi connectivity index (χ3n) is 11.0. The molecule has 6 rings (SSSR count). The van der Waals surface area contributed by atoms with Crippen LogP contribution in [0.1, 0.15) is 99.1 Å². The van der Waals surface area contributed by atoms with Crippen molar-refractivity contribution in [2.24, 2.45) is 0 Å². The summed E-state index contributed by atoms with van der Waals surface area (Å²) < 4.78 is 2.15. The van der Waals surface area contributed by atoms with Crippen molar-refractivity contribution < 1.29 is 14.4 Å². The molecule has 48 heavy (non-hydrogen) atoms. The number of anilines is 1. The van der Waals surface area contributed by atoms with Gasteiger partial charge in [-0.25, -0.2) is 0 Å². The lowest BCUT2D eigenvalue weighted by Gasteiger charge is -2.43. The van der Waals surface area contributed by atoms with Gasteiger partial charge >= 0.3 is 0 Å². The molecule has 9 nitrogen and oxygen atoms in total. The lowest BCUT2D eigenvalue weighted by Crippen LogP contribution is -2.57. The summed E-state index contributed by atoms with van der Waals surface area (Å²) in [5.41, 5.74) is 5.85. The monoisotopic (exact) mass is 652 g/mol. The zero-order chi connectivity index (χ0) is 34.2. The van der Waals surface area contributed by atoms with E-state index in [4.69, 9.17) is 5.10 Å². The van der Waals surface area contributed by atoms with Crippen molar-refractivity contribution in [1.82, 2.24) is 24.5 Å². The van der Waals surface area contributed by atoms with E-state index >= 15 is 0 Å². The van der Waals surface area contributed by atoms with E-state index in [1.807, 2.05) is 64.4 Å². The second kappa shape index (κ2) is 13.4. The van der Waals surface area contributed by atoms with Crippen LogP contribution >= 0.6 is 0 Å². The predicted octanol–water partition coefficient (Wildman–Crippen LogP) is 5.76. The number of likely N-dealkylation sites (tertiary alicyclic amines) is 2. The third-order valence-corrected chi connectivity index (χ3v) is 11.0. The fourth-order valence-electron chi connectivity index (χ4n) is 8.07. The van der Waals surface area contributed by atoms with Crippen molar-refractivity contribution in [2.75, 3.05) is 44.3 Å². The van der Waals surface area contributed by atoms with Crippen molar-refractivity contribution in [3.63, 3.8) is 0 Å². The van der Waals surface area contributed by atoms with E-state index in [0.29, 0.717) is 57.2 Å². The number of para-hydroxylation sites is 1. The molecule has 3 amide bonds. The van der Waals surface area contributed by atoms with Crippen LogP contribution in [0, 0.1) is 6.92 Å². The molecule has 2 aromatic carbocycles. The molecule has 256 valence electrons. The SMILES string of the molecule is CCc1nn(CC)c(C2CCN(C(=O)CN3CN(c4ccccc4)C4(CCN(C(=O)c5ccc(C(C)(C)C)cc5)CC4)C3=O)CC2)c1C. The van der Waals surface area contributed by atoms with Gasteiger partial charge in [0.25, 0.3) is 11.8 Å². The first kappa shape index (κ1) is 33.7. The van der Waals surface area contributed by atoms with Crippen LogP contribution in [0.2, 0.25) is 0 Å². The molecule has 0 unspecified atom stereocenters. The summed E-state index contributed by atoms with van der Waals surface area (Å²) in [5, 5.41) is 4.83. The number of aryl methyl sites for hydroxylation is 2. The Balaban J connectivity index is 1.13.